The molecule has 1 fully saturated rings. The molecule has 2 N–H and O–H groups in total. The van der Waals surface area contributed by atoms with Crippen molar-refractivity contribution in [1.82, 2.24) is 4.90 Å². The number of primary sulfonamides is 1. The third kappa shape index (κ3) is 4.21. The number of nitrogens with two attached hydrogens (primary N) is 1. The summed E-state index contributed by atoms with van der Waals surface area (Å²) in [6, 6.07) is -0.0546. The number of carbonyl (C=O) groups is 1. The number of piperidine rings is 1. The van der Waals surface area contributed by atoms with Crippen LogP contribution in [0.2, 0.25) is 0 Å². The van der Waals surface area contributed by atoms with Gasteiger partial charge in [0.05, 0.1) is 12.4 Å². The Morgan fingerprint density at radius 1 is 1.40 bits per heavy atom. The van der Waals surface area contributed by atoms with E-state index in [0.29, 0.717) is 25.3 Å². The number of allylic oxidation sites excluding steroid dienone is 1. The van der Waals surface area contributed by atoms with Crippen molar-refractivity contribution in [3.8, 4) is 0 Å². The minimum atomic E-state index is -3.48. The minimum absolute atomic E-state index is 0.0546. The minimum Gasteiger partial charge on any atom is -0.488 e. The fourth-order valence-electron chi connectivity index (χ4n) is 2.72. The van der Waals surface area contributed by atoms with E-state index in [2.05, 4.69) is 0 Å². The maximum absolute atomic E-state index is 12.4. The summed E-state index contributed by atoms with van der Waals surface area (Å²) in [5.41, 5.74) is 0. The van der Waals surface area contributed by atoms with Crippen LogP contribution in [0.25, 0.3) is 0 Å². The highest BCUT2D eigenvalue weighted by atomic mass is 32.2. The first kappa shape index (κ1) is 15.3. The lowest BCUT2D eigenvalue weighted by molar-refractivity contribution is -0.134. The monoisotopic (exact) mass is 302 g/mol. The number of likely N-dealkylation sites (tertiary alicyclic amines) is 1. The lowest BCUT2D eigenvalue weighted by Gasteiger charge is -2.36. The third-order valence-electron chi connectivity index (χ3n) is 3.77. The summed E-state index contributed by atoms with van der Waals surface area (Å²) < 4.78 is 27.6. The van der Waals surface area contributed by atoms with Gasteiger partial charge in [0.25, 0.3) is 5.91 Å². The molecule has 0 aromatic rings. The molecule has 2 heterocycles. The molecule has 1 amide bonds. The van der Waals surface area contributed by atoms with Crippen molar-refractivity contribution in [2.24, 2.45) is 5.14 Å². The number of ether oxygens (including phenoxy) is 1. The maximum atomic E-state index is 12.4. The number of sulfonamides is 1. The number of nitrogens with zero attached hydrogens (tertiary/aromatic N) is 1. The number of hydrogen-bond donors (Lipinski definition) is 1. The topological polar surface area (TPSA) is 89.7 Å². The molecule has 2 aliphatic rings. The van der Waals surface area contributed by atoms with Gasteiger partial charge in [0.1, 0.15) is 0 Å². The molecule has 1 atom stereocenters. The van der Waals surface area contributed by atoms with Crippen LogP contribution >= 0.6 is 0 Å². The van der Waals surface area contributed by atoms with Crippen molar-refractivity contribution in [2.75, 3.05) is 18.9 Å². The third-order valence-corrected chi connectivity index (χ3v) is 4.57. The zero-order valence-corrected chi connectivity index (χ0v) is 12.4. The van der Waals surface area contributed by atoms with Crippen molar-refractivity contribution in [3.05, 3.63) is 11.8 Å². The Hall–Kier alpha value is -1.08. The molecule has 1 saturated heterocycles. The molecule has 0 aromatic carbocycles. The van der Waals surface area contributed by atoms with E-state index in [4.69, 9.17) is 9.88 Å². The zero-order valence-electron chi connectivity index (χ0n) is 11.6. The zero-order chi connectivity index (χ0) is 14.6. The van der Waals surface area contributed by atoms with E-state index in [9.17, 15) is 13.2 Å². The summed E-state index contributed by atoms with van der Waals surface area (Å²) in [5, 5.41) is 5.05. The molecule has 6 nitrogen and oxygen atoms in total. The molecular weight excluding hydrogens is 280 g/mol. The van der Waals surface area contributed by atoms with E-state index < -0.39 is 10.0 Å². The van der Waals surface area contributed by atoms with Gasteiger partial charge < -0.3 is 9.64 Å². The maximum Gasteiger partial charge on any atom is 0.288 e. The first-order chi connectivity index (χ1) is 9.47. The molecular formula is C13H22N2O4S. The van der Waals surface area contributed by atoms with Crippen molar-refractivity contribution >= 4 is 15.9 Å². The van der Waals surface area contributed by atoms with Crippen LogP contribution in [0.15, 0.2) is 11.8 Å². The fraction of sp³-hybridized carbons (Fsp3) is 0.769. The van der Waals surface area contributed by atoms with Crippen LogP contribution in [0.4, 0.5) is 0 Å². The summed E-state index contributed by atoms with van der Waals surface area (Å²) in [5.74, 6) is 0.226. The smallest absolute Gasteiger partial charge is 0.288 e. The van der Waals surface area contributed by atoms with E-state index in [1.165, 1.54) is 0 Å². The molecule has 0 radical (unpaired) electrons. The average molecular weight is 302 g/mol. The summed E-state index contributed by atoms with van der Waals surface area (Å²) in [7, 11) is -3.48. The lowest BCUT2D eigenvalue weighted by Crippen LogP contribution is -2.45. The van der Waals surface area contributed by atoms with Gasteiger partial charge in [-0.25, -0.2) is 13.6 Å². The second kappa shape index (κ2) is 6.58. The van der Waals surface area contributed by atoms with Crippen LogP contribution in [0.1, 0.15) is 38.5 Å². The molecule has 2 aliphatic heterocycles. The van der Waals surface area contributed by atoms with Crippen molar-refractivity contribution in [2.45, 2.75) is 44.6 Å². The Morgan fingerprint density at radius 3 is 2.85 bits per heavy atom. The first-order valence-electron chi connectivity index (χ1n) is 7.12. The molecule has 0 saturated carbocycles. The Labute approximate surface area is 120 Å². The molecule has 0 aromatic heterocycles. The average Bonchev–Trinajstić information content (AvgIpc) is 2.45. The van der Waals surface area contributed by atoms with Crippen molar-refractivity contribution in [3.63, 3.8) is 0 Å². The van der Waals surface area contributed by atoms with Crippen molar-refractivity contribution < 1.29 is 17.9 Å². The summed E-state index contributed by atoms with van der Waals surface area (Å²) in [6.07, 6.45) is 6.82. The van der Waals surface area contributed by atoms with Gasteiger partial charge in [-0.3, -0.25) is 4.79 Å². The number of carbonyl (C=O) groups excluding carboxylic acids is 1. The van der Waals surface area contributed by atoms with Gasteiger partial charge in [-0.05, 0) is 44.6 Å². The molecule has 0 spiro atoms. The normalized spacial score (nSPS) is 23.9. The number of rotatable bonds is 4. The molecule has 0 bridgehead atoms. The van der Waals surface area contributed by atoms with Crippen LogP contribution in [0, 0.1) is 0 Å². The molecule has 7 heteroatoms. The molecule has 1 unspecified atom stereocenters. The SMILES string of the molecule is NS(=O)(=O)CCC1CCCCN1C(=O)C1=CCCCO1. The standard InChI is InChI=1S/C13H22N2O4S/c14-20(17,18)10-7-11-5-1-3-8-15(11)13(16)12-6-2-4-9-19-12/h6,11H,1-5,7-10H2,(H2,14,17,18). The second-order valence-corrected chi connectivity index (χ2v) is 7.10. The molecule has 0 aliphatic carbocycles. The first-order valence-corrected chi connectivity index (χ1v) is 8.83. The molecule has 20 heavy (non-hydrogen) atoms. The fourth-order valence-corrected chi connectivity index (χ4v) is 3.32. The van der Waals surface area contributed by atoms with Crippen molar-refractivity contribution in [1.29, 1.82) is 0 Å². The van der Waals surface area contributed by atoms with Crippen LogP contribution < -0.4 is 5.14 Å². The number of amides is 1. The summed E-state index contributed by atoms with van der Waals surface area (Å²) in [6.45, 7) is 1.24. The Bertz CT molecular complexity index is 487. The highest BCUT2D eigenvalue weighted by Gasteiger charge is 2.30. The van der Waals surface area contributed by atoms with Crippen LogP contribution in [-0.2, 0) is 19.6 Å². The van der Waals surface area contributed by atoms with Gasteiger partial charge in [0.15, 0.2) is 5.76 Å². The summed E-state index contributed by atoms with van der Waals surface area (Å²) in [4.78, 5) is 14.2. The van der Waals surface area contributed by atoms with Gasteiger partial charge in [0.2, 0.25) is 10.0 Å². The largest absolute Gasteiger partial charge is 0.488 e. The van der Waals surface area contributed by atoms with E-state index >= 15 is 0 Å². The molecule has 2 rings (SSSR count). The lowest BCUT2D eigenvalue weighted by atomic mass is 9.99. The van der Waals surface area contributed by atoms with Gasteiger partial charge in [-0.2, -0.15) is 0 Å². The molecule has 114 valence electrons. The predicted octanol–water partition coefficient (Wildman–Crippen LogP) is 0.740. The number of hydrogen-bond acceptors (Lipinski definition) is 4. The second-order valence-electron chi connectivity index (χ2n) is 5.36. The summed E-state index contributed by atoms with van der Waals surface area (Å²) >= 11 is 0. The highest BCUT2D eigenvalue weighted by molar-refractivity contribution is 7.89. The van der Waals surface area contributed by atoms with Crippen LogP contribution in [0.5, 0.6) is 0 Å². The van der Waals surface area contributed by atoms with Crippen LogP contribution in [-0.4, -0.2) is 44.2 Å². The van der Waals surface area contributed by atoms with E-state index in [0.717, 1.165) is 32.1 Å². The van der Waals surface area contributed by atoms with Gasteiger partial charge in [0, 0.05) is 12.6 Å². The van der Waals surface area contributed by atoms with E-state index in [1.807, 2.05) is 6.08 Å². The van der Waals surface area contributed by atoms with Gasteiger partial charge >= 0.3 is 0 Å². The highest BCUT2D eigenvalue weighted by Crippen LogP contribution is 2.23. The quantitative estimate of drug-likeness (QED) is 0.829. The Kier molecular flexibility index (Phi) is 5.04. The Morgan fingerprint density at radius 2 is 2.20 bits per heavy atom. The van der Waals surface area contributed by atoms with Gasteiger partial charge in [-0.15, -0.1) is 0 Å². The Balaban J connectivity index is 2.02. The van der Waals surface area contributed by atoms with E-state index in [-0.39, 0.29) is 17.7 Å². The van der Waals surface area contributed by atoms with Crippen LogP contribution in [0.3, 0.4) is 0 Å². The predicted molar refractivity (Wildman–Crippen MR) is 75.2 cm³/mol. The van der Waals surface area contributed by atoms with E-state index in [1.54, 1.807) is 4.90 Å². The van der Waals surface area contributed by atoms with Gasteiger partial charge in [-0.1, -0.05) is 0 Å².